The summed E-state index contributed by atoms with van der Waals surface area (Å²) in [5.74, 6) is -0.121. The lowest BCUT2D eigenvalue weighted by atomic mass is 9.72. The summed E-state index contributed by atoms with van der Waals surface area (Å²) in [6.07, 6.45) is 6.56. The molecular weight excluding hydrogens is 568 g/mol. The topological polar surface area (TPSA) is 89.8 Å². The highest BCUT2D eigenvalue weighted by atomic mass is 19.1. The first kappa shape index (κ1) is 29.6. The molecule has 0 atom stereocenters. The fourth-order valence-corrected chi connectivity index (χ4v) is 5.79. The van der Waals surface area contributed by atoms with Crippen molar-refractivity contribution < 1.29 is 23.0 Å². The Labute approximate surface area is 255 Å². The van der Waals surface area contributed by atoms with Crippen LogP contribution in [0.1, 0.15) is 25.0 Å². The van der Waals surface area contributed by atoms with Gasteiger partial charge in [0.1, 0.15) is 24.8 Å². The molecule has 0 aliphatic carbocycles. The number of aryl methyl sites for hydroxylation is 1. The number of likely N-dealkylation sites (tertiary alicyclic amines) is 1. The molecule has 2 aromatic carbocycles. The van der Waals surface area contributed by atoms with Crippen molar-refractivity contribution in [3.05, 3.63) is 77.9 Å². The van der Waals surface area contributed by atoms with Crippen LogP contribution in [0.3, 0.4) is 0 Å². The fraction of sp³-hybridized carbons (Fsp3) is 0.406. The van der Waals surface area contributed by atoms with Crippen molar-refractivity contribution in [1.29, 1.82) is 0 Å². The third-order valence-electron chi connectivity index (χ3n) is 8.22. The molecule has 44 heavy (non-hydrogen) atoms. The van der Waals surface area contributed by atoms with Crippen molar-refractivity contribution in [2.45, 2.75) is 40.0 Å². The number of nitrogens with one attached hydrogen (secondary N) is 1. The molecule has 0 amide bonds. The Morgan fingerprint density at radius 2 is 1.77 bits per heavy atom. The summed E-state index contributed by atoms with van der Waals surface area (Å²) in [7, 11) is 1.33. The first-order valence-corrected chi connectivity index (χ1v) is 14.7. The Morgan fingerprint density at radius 1 is 1.00 bits per heavy atom. The summed E-state index contributed by atoms with van der Waals surface area (Å²) in [6.45, 7) is 11.1. The second kappa shape index (κ2) is 12.3. The third kappa shape index (κ3) is 6.12. The van der Waals surface area contributed by atoms with E-state index in [1.165, 1.54) is 25.6 Å². The molecule has 2 aliphatic heterocycles. The van der Waals surface area contributed by atoms with E-state index in [-0.39, 0.29) is 29.2 Å². The maximum atomic E-state index is 14.6. The lowest BCUT2D eigenvalue weighted by Crippen LogP contribution is -2.73. The van der Waals surface area contributed by atoms with Gasteiger partial charge in [-0.15, -0.1) is 0 Å². The summed E-state index contributed by atoms with van der Waals surface area (Å²) >= 11 is 0. The SMILES string of the molecule is COc1cc(C)c(F)c(COc2cnc(Nc3ccc(N4CC5(C4)CN(C(C)C)C5)c(OCCn4cccn4)c3)nc2)c1F. The van der Waals surface area contributed by atoms with E-state index in [2.05, 4.69) is 50.1 Å². The van der Waals surface area contributed by atoms with Crippen LogP contribution in [0.4, 0.5) is 26.1 Å². The number of hydrogen-bond acceptors (Lipinski definition) is 9. The predicted molar refractivity (Wildman–Crippen MR) is 163 cm³/mol. The van der Waals surface area contributed by atoms with Crippen LogP contribution in [0.25, 0.3) is 0 Å². The summed E-state index contributed by atoms with van der Waals surface area (Å²) in [5, 5.41) is 7.47. The number of rotatable bonds is 12. The predicted octanol–water partition coefficient (Wildman–Crippen LogP) is 5.20. The van der Waals surface area contributed by atoms with E-state index in [1.807, 2.05) is 29.1 Å². The molecule has 6 rings (SSSR count). The van der Waals surface area contributed by atoms with Gasteiger partial charge in [-0.3, -0.25) is 9.58 Å². The lowest BCUT2D eigenvalue weighted by molar-refractivity contribution is -0.0413. The molecule has 0 bridgehead atoms. The molecule has 0 unspecified atom stereocenters. The van der Waals surface area contributed by atoms with Crippen molar-refractivity contribution in [3.8, 4) is 17.2 Å². The quantitative estimate of drug-likeness (QED) is 0.234. The number of benzene rings is 2. The van der Waals surface area contributed by atoms with Gasteiger partial charge in [-0.1, -0.05) is 0 Å². The third-order valence-corrected chi connectivity index (χ3v) is 8.22. The van der Waals surface area contributed by atoms with Gasteiger partial charge < -0.3 is 24.4 Å². The van der Waals surface area contributed by atoms with Crippen molar-refractivity contribution in [3.63, 3.8) is 0 Å². The van der Waals surface area contributed by atoms with E-state index in [1.54, 1.807) is 13.1 Å². The van der Waals surface area contributed by atoms with Crippen LogP contribution in [0.15, 0.2) is 55.1 Å². The highest BCUT2D eigenvalue weighted by molar-refractivity contribution is 5.68. The average molecular weight is 606 g/mol. The molecule has 12 heteroatoms. The molecule has 1 N–H and O–H groups in total. The molecule has 2 aromatic heterocycles. The van der Waals surface area contributed by atoms with E-state index in [9.17, 15) is 8.78 Å². The highest BCUT2D eigenvalue weighted by Crippen LogP contribution is 2.45. The number of hydrogen-bond donors (Lipinski definition) is 1. The molecule has 4 aromatic rings. The number of aromatic nitrogens is 4. The Balaban J connectivity index is 1.11. The molecular formula is C32H37F2N7O3. The van der Waals surface area contributed by atoms with Crippen molar-refractivity contribution in [2.75, 3.05) is 50.1 Å². The van der Waals surface area contributed by atoms with E-state index in [4.69, 9.17) is 14.2 Å². The largest absolute Gasteiger partial charge is 0.494 e. The van der Waals surface area contributed by atoms with Crippen LogP contribution in [-0.4, -0.2) is 70.6 Å². The summed E-state index contributed by atoms with van der Waals surface area (Å²) in [5.41, 5.74) is 2.24. The van der Waals surface area contributed by atoms with Crippen molar-refractivity contribution >= 4 is 17.3 Å². The van der Waals surface area contributed by atoms with E-state index in [0.717, 1.165) is 43.3 Å². The summed E-state index contributed by atoms with van der Waals surface area (Å²) in [6, 6.07) is 9.78. The zero-order valence-corrected chi connectivity index (χ0v) is 25.4. The number of ether oxygens (including phenoxy) is 3. The van der Waals surface area contributed by atoms with Crippen LogP contribution in [0.5, 0.6) is 17.2 Å². The first-order chi connectivity index (χ1) is 21.2. The Hall–Kier alpha value is -4.45. The standard InChI is InChI=1S/C32H37F2N7O3/c1-21(2)39-17-32(18-39)19-40(20-32)26-7-6-23(13-27(26)43-11-10-41-9-5-8-37-41)38-31-35-14-24(15-36-31)44-16-25-29(33)22(3)12-28(42-4)30(25)34/h5-9,12-15,21H,10-11,16-20H2,1-4H3,(H,35,36,38). The van der Waals surface area contributed by atoms with Crippen molar-refractivity contribution in [1.82, 2.24) is 24.6 Å². The molecule has 2 aliphatic rings. The number of nitrogens with zero attached hydrogens (tertiary/aromatic N) is 6. The van der Waals surface area contributed by atoms with E-state index >= 15 is 0 Å². The van der Waals surface area contributed by atoms with Gasteiger partial charge in [-0.25, -0.2) is 18.7 Å². The number of halogens is 2. The minimum Gasteiger partial charge on any atom is -0.494 e. The van der Waals surface area contributed by atoms with Gasteiger partial charge in [-0.2, -0.15) is 5.10 Å². The van der Waals surface area contributed by atoms with Crippen LogP contribution in [0.2, 0.25) is 0 Å². The van der Waals surface area contributed by atoms with Gasteiger partial charge in [0.15, 0.2) is 17.3 Å². The second-order valence-electron chi connectivity index (χ2n) is 11.8. The Morgan fingerprint density at radius 3 is 2.45 bits per heavy atom. The van der Waals surface area contributed by atoms with Gasteiger partial charge in [0.2, 0.25) is 5.95 Å². The van der Waals surface area contributed by atoms with E-state index < -0.39 is 11.6 Å². The van der Waals surface area contributed by atoms with E-state index in [0.29, 0.717) is 30.6 Å². The maximum Gasteiger partial charge on any atom is 0.227 e. The molecule has 0 radical (unpaired) electrons. The highest BCUT2D eigenvalue weighted by Gasteiger charge is 2.52. The van der Waals surface area contributed by atoms with Gasteiger partial charge in [0, 0.05) is 61.8 Å². The normalized spacial score (nSPS) is 15.7. The average Bonchev–Trinajstić information content (AvgIpc) is 3.49. The van der Waals surface area contributed by atoms with Gasteiger partial charge in [-0.05, 0) is 50.6 Å². The number of anilines is 3. The van der Waals surface area contributed by atoms with Crippen LogP contribution in [0, 0.1) is 24.0 Å². The Bertz CT molecular complexity index is 1580. The van der Waals surface area contributed by atoms with Crippen molar-refractivity contribution in [2.24, 2.45) is 5.41 Å². The molecule has 0 saturated carbocycles. The smallest absolute Gasteiger partial charge is 0.227 e. The Kier molecular flexibility index (Phi) is 8.26. The minimum atomic E-state index is -0.792. The zero-order valence-electron chi connectivity index (χ0n) is 25.4. The second-order valence-corrected chi connectivity index (χ2v) is 11.8. The summed E-state index contributed by atoms with van der Waals surface area (Å²) < 4.78 is 47.9. The maximum absolute atomic E-state index is 14.6. The van der Waals surface area contributed by atoms with Gasteiger partial charge in [0.25, 0.3) is 0 Å². The summed E-state index contributed by atoms with van der Waals surface area (Å²) in [4.78, 5) is 13.5. The number of methoxy groups -OCH3 is 1. The first-order valence-electron chi connectivity index (χ1n) is 14.7. The van der Waals surface area contributed by atoms with Gasteiger partial charge >= 0.3 is 0 Å². The van der Waals surface area contributed by atoms with Crippen LogP contribution in [-0.2, 0) is 13.2 Å². The van der Waals surface area contributed by atoms with Gasteiger partial charge in [0.05, 0.1) is 37.3 Å². The lowest BCUT2D eigenvalue weighted by Gasteiger charge is -2.62. The van der Waals surface area contributed by atoms with Crippen LogP contribution < -0.4 is 24.4 Å². The molecule has 1 spiro atoms. The monoisotopic (exact) mass is 605 g/mol. The molecule has 4 heterocycles. The zero-order chi connectivity index (χ0) is 30.8. The minimum absolute atomic E-state index is 0.0384. The van der Waals surface area contributed by atoms with Crippen LogP contribution >= 0.6 is 0 Å². The molecule has 2 fully saturated rings. The fourth-order valence-electron chi connectivity index (χ4n) is 5.79. The molecule has 232 valence electrons. The molecule has 2 saturated heterocycles. The molecule has 10 nitrogen and oxygen atoms in total.